The van der Waals surface area contributed by atoms with Crippen LogP contribution in [0.4, 0.5) is 11.4 Å². The van der Waals surface area contributed by atoms with Gasteiger partial charge >= 0.3 is 0 Å². The van der Waals surface area contributed by atoms with Crippen LogP contribution in [0.2, 0.25) is 0 Å². The van der Waals surface area contributed by atoms with Gasteiger partial charge in [0.15, 0.2) is 0 Å². The van der Waals surface area contributed by atoms with E-state index in [-0.39, 0.29) is 0 Å². The molecule has 0 radical (unpaired) electrons. The number of nitrogens with zero attached hydrogens (tertiary/aromatic N) is 3. The van der Waals surface area contributed by atoms with Crippen LogP contribution in [-0.4, -0.2) is 45.1 Å². The molecule has 2 aliphatic heterocycles. The second-order valence-corrected chi connectivity index (χ2v) is 13.2. The molecule has 1 unspecified atom stereocenters. The maximum absolute atomic E-state index is 14.0. The molecular weight excluding hydrogens is 520 g/mol. The summed E-state index contributed by atoms with van der Waals surface area (Å²) < 4.78 is 22.7. The second-order valence-electron chi connectivity index (χ2n) is 11.8. The number of hydrazine groups is 1. The molecule has 3 aromatic rings. The number of rotatable bonds is 6. The van der Waals surface area contributed by atoms with E-state index in [1.54, 1.807) is 6.20 Å². The van der Waals surface area contributed by atoms with Gasteiger partial charge in [-0.3, -0.25) is 0 Å². The average Bonchev–Trinajstić information content (AvgIpc) is 3.80. The van der Waals surface area contributed by atoms with E-state index >= 15 is 0 Å². The SMILES string of the molecule is Cc1cnc2c(c1)[S+]([O-])N(Cc1cc(Cc3ccc(N(N)C4CC4)c(N)c3C)ccc1C)CC1(CCNCC1)O2. The first-order valence-electron chi connectivity index (χ1n) is 14.3. The molecule has 1 saturated carbocycles. The Bertz CT molecular complexity index is 1400. The number of aromatic nitrogens is 1. The third-order valence-corrected chi connectivity index (χ3v) is 10.0. The van der Waals surface area contributed by atoms with Crippen molar-refractivity contribution in [2.24, 2.45) is 5.84 Å². The Labute approximate surface area is 240 Å². The van der Waals surface area contributed by atoms with E-state index in [4.69, 9.17) is 16.3 Å². The highest BCUT2D eigenvalue weighted by Gasteiger charge is 2.45. The minimum atomic E-state index is -1.38. The van der Waals surface area contributed by atoms with Crippen molar-refractivity contribution in [2.75, 3.05) is 30.4 Å². The maximum Gasteiger partial charge on any atom is 0.273 e. The summed E-state index contributed by atoms with van der Waals surface area (Å²) in [4.78, 5) is 5.22. The van der Waals surface area contributed by atoms with Crippen LogP contribution in [0.15, 0.2) is 47.5 Å². The van der Waals surface area contributed by atoms with Gasteiger partial charge in [0.2, 0.25) is 4.90 Å². The first-order valence-corrected chi connectivity index (χ1v) is 15.4. The van der Waals surface area contributed by atoms with Crippen molar-refractivity contribution in [1.29, 1.82) is 0 Å². The molecule has 6 rings (SSSR count). The number of nitrogens with two attached hydrogens (primary N) is 2. The van der Waals surface area contributed by atoms with Gasteiger partial charge in [0.25, 0.3) is 5.88 Å². The lowest BCUT2D eigenvalue weighted by molar-refractivity contribution is 0.0171. The molecule has 2 fully saturated rings. The molecule has 40 heavy (non-hydrogen) atoms. The number of pyridine rings is 1. The Morgan fingerprint density at radius 1 is 1.12 bits per heavy atom. The van der Waals surface area contributed by atoms with E-state index in [2.05, 4.69) is 58.8 Å². The minimum Gasteiger partial charge on any atom is -0.593 e. The molecular formula is C31H40N6O2S. The fraction of sp³-hybridized carbons (Fsp3) is 0.452. The zero-order valence-corrected chi connectivity index (χ0v) is 24.5. The van der Waals surface area contributed by atoms with Gasteiger partial charge in [0.05, 0.1) is 35.8 Å². The summed E-state index contributed by atoms with van der Waals surface area (Å²) in [5.41, 5.74) is 14.6. The predicted octanol–water partition coefficient (Wildman–Crippen LogP) is 4.06. The normalized spacial score (nSPS) is 20.6. The molecule has 1 saturated heterocycles. The summed E-state index contributed by atoms with van der Waals surface area (Å²) in [6.45, 7) is 9.10. The molecule has 1 atom stereocenters. The van der Waals surface area contributed by atoms with Crippen LogP contribution in [0.25, 0.3) is 0 Å². The number of hydrogen-bond acceptors (Lipinski definition) is 8. The third-order valence-electron chi connectivity index (χ3n) is 8.65. The fourth-order valence-electron chi connectivity index (χ4n) is 5.89. The first kappa shape index (κ1) is 27.4. The largest absolute Gasteiger partial charge is 0.593 e. The lowest BCUT2D eigenvalue weighted by Crippen LogP contribution is -2.53. The number of piperidine rings is 1. The molecule has 212 valence electrons. The van der Waals surface area contributed by atoms with E-state index in [0.717, 1.165) is 67.7 Å². The molecule has 2 aromatic carbocycles. The predicted molar refractivity (Wildman–Crippen MR) is 161 cm³/mol. The summed E-state index contributed by atoms with van der Waals surface area (Å²) in [5.74, 6) is 6.83. The smallest absolute Gasteiger partial charge is 0.273 e. The highest BCUT2D eigenvalue weighted by atomic mass is 32.2. The number of ether oxygens (including phenoxy) is 1. The van der Waals surface area contributed by atoms with E-state index in [1.807, 2.05) is 18.0 Å². The zero-order chi connectivity index (χ0) is 28.0. The van der Waals surface area contributed by atoms with E-state index in [9.17, 15) is 4.55 Å². The fourth-order valence-corrected chi connectivity index (χ4v) is 7.30. The Morgan fingerprint density at radius 3 is 2.65 bits per heavy atom. The summed E-state index contributed by atoms with van der Waals surface area (Å²) in [7, 11) is 0. The van der Waals surface area contributed by atoms with E-state index in [0.29, 0.717) is 29.9 Å². The number of fused-ring (bicyclic) bond motifs is 1. The Kier molecular flexibility index (Phi) is 7.43. The van der Waals surface area contributed by atoms with Crippen molar-refractivity contribution < 1.29 is 9.29 Å². The summed E-state index contributed by atoms with van der Waals surface area (Å²) >= 11 is -1.38. The highest BCUT2D eigenvalue weighted by molar-refractivity contribution is 7.89. The number of benzene rings is 2. The van der Waals surface area contributed by atoms with Crippen LogP contribution in [-0.2, 0) is 24.3 Å². The van der Waals surface area contributed by atoms with Gasteiger partial charge in [0.1, 0.15) is 5.60 Å². The van der Waals surface area contributed by atoms with E-state index < -0.39 is 17.0 Å². The van der Waals surface area contributed by atoms with Gasteiger partial charge in [-0.2, -0.15) is 0 Å². The molecule has 3 heterocycles. The molecule has 5 N–H and O–H groups in total. The quantitative estimate of drug-likeness (QED) is 0.179. The van der Waals surface area contributed by atoms with Crippen LogP contribution in [0.5, 0.6) is 5.88 Å². The second kappa shape index (κ2) is 10.9. The molecule has 0 amide bonds. The number of anilines is 2. The average molecular weight is 561 g/mol. The van der Waals surface area contributed by atoms with E-state index in [1.165, 1.54) is 22.3 Å². The summed E-state index contributed by atoms with van der Waals surface area (Å²) in [6.07, 6.45) is 6.52. The van der Waals surface area contributed by atoms with Gasteiger partial charge in [-0.1, -0.05) is 24.3 Å². The van der Waals surface area contributed by atoms with Crippen molar-refractivity contribution in [3.05, 3.63) is 76.0 Å². The third kappa shape index (κ3) is 5.41. The van der Waals surface area contributed by atoms with Crippen LogP contribution in [0, 0.1) is 20.8 Å². The van der Waals surface area contributed by atoms with Crippen molar-refractivity contribution in [2.45, 2.75) is 76.0 Å². The molecule has 0 bridgehead atoms. The molecule has 1 aliphatic carbocycles. The van der Waals surface area contributed by atoms with Crippen molar-refractivity contribution in [3.8, 4) is 5.88 Å². The van der Waals surface area contributed by atoms with Crippen LogP contribution in [0.1, 0.15) is 59.1 Å². The zero-order valence-electron chi connectivity index (χ0n) is 23.7. The van der Waals surface area contributed by atoms with Gasteiger partial charge in [0, 0.05) is 31.1 Å². The Balaban J connectivity index is 1.27. The van der Waals surface area contributed by atoms with Gasteiger partial charge in [-0.05, 0) is 92.6 Å². The number of nitrogens with one attached hydrogen (secondary N) is 1. The molecule has 3 aliphatic rings. The highest BCUT2D eigenvalue weighted by Crippen LogP contribution is 2.39. The van der Waals surface area contributed by atoms with Gasteiger partial charge < -0.3 is 25.3 Å². The van der Waals surface area contributed by atoms with Crippen molar-refractivity contribution >= 4 is 22.7 Å². The van der Waals surface area contributed by atoms with Crippen LogP contribution in [0.3, 0.4) is 0 Å². The van der Waals surface area contributed by atoms with Crippen LogP contribution < -0.4 is 26.6 Å². The number of nitrogen functional groups attached to an aromatic ring is 1. The number of hydrogen-bond donors (Lipinski definition) is 3. The lowest BCUT2D eigenvalue weighted by atomic mass is 9.91. The Hall–Kier alpha value is -2.82. The molecule has 8 nitrogen and oxygen atoms in total. The van der Waals surface area contributed by atoms with Gasteiger partial charge in [-0.15, -0.1) is 4.31 Å². The maximum atomic E-state index is 14.0. The molecule has 1 aromatic heterocycles. The van der Waals surface area contributed by atoms with Gasteiger partial charge in [-0.25, -0.2) is 10.8 Å². The van der Waals surface area contributed by atoms with Crippen LogP contribution >= 0.6 is 0 Å². The van der Waals surface area contributed by atoms with Crippen molar-refractivity contribution in [3.63, 3.8) is 0 Å². The Morgan fingerprint density at radius 2 is 1.90 bits per heavy atom. The topological polar surface area (TPSA) is 116 Å². The minimum absolute atomic E-state index is 0.401. The first-order chi connectivity index (χ1) is 19.2. The molecule has 1 spiro atoms. The molecule has 9 heteroatoms. The lowest BCUT2D eigenvalue weighted by Gasteiger charge is -2.37. The monoisotopic (exact) mass is 560 g/mol. The summed E-state index contributed by atoms with van der Waals surface area (Å²) in [5, 5.41) is 5.26. The standard InChI is InChI=1S/C31H40N6O2S/c1-20-14-28-30(35-17-20)39-31(10-12-34-13-11-31)19-36(40(28)38)18-25-16-23(5-4-21(25)2)15-24-6-9-27(29(32)22(24)3)37(33)26-7-8-26/h4-6,9,14,16-17,26,34H,7-8,10-13,15,18-19,32-33H2,1-3H3. The summed E-state index contributed by atoms with van der Waals surface area (Å²) in [6, 6.07) is 13.2. The number of aryl methyl sites for hydroxylation is 2. The van der Waals surface area contributed by atoms with Crippen molar-refractivity contribution in [1.82, 2.24) is 14.6 Å².